The normalized spacial score (nSPS) is 20.5. The molecule has 214 valence electrons. The van der Waals surface area contributed by atoms with Gasteiger partial charge in [-0.05, 0) is 18.6 Å². The number of hydrogen-bond acceptors (Lipinski definition) is 9. The molecule has 11 nitrogen and oxygen atoms in total. The molecule has 1 amide bonds. The van der Waals surface area contributed by atoms with Gasteiger partial charge >= 0.3 is 178 Å². The number of rotatable bonds is 4. The van der Waals surface area contributed by atoms with Crippen molar-refractivity contribution in [3.05, 3.63) is 48.2 Å². The molecule has 5 rings (SSSR count). The molecule has 1 saturated heterocycles. The first-order valence-corrected chi connectivity index (χ1v) is 22.8. The Labute approximate surface area is 238 Å². The van der Waals surface area contributed by atoms with E-state index < -0.39 is 29.2 Å². The zero-order chi connectivity index (χ0) is 28.7. The second kappa shape index (κ2) is 10.7. The van der Waals surface area contributed by atoms with E-state index in [1.807, 2.05) is 0 Å². The van der Waals surface area contributed by atoms with Crippen molar-refractivity contribution in [2.24, 2.45) is 5.92 Å². The molecule has 0 saturated carbocycles. The number of aromatic nitrogens is 4. The molecule has 1 atom stereocenters. The molecule has 2 aliphatic rings. The number of nitrogens with zero attached hydrogens (tertiary/aromatic N) is 5. The average molecular weight is 628 g/mol. The molecule has 2 aliphatic heterocycles. The van der Waals surface area contributed by atoms with Crippen LogP contribution in [0.4, 0.5) is 11.6 Å². The van der Waals surface area contributed by atoms with E-state index in [0.29, 0.717) is 47.8 Å². The number of carbonyl (C=O) groups is 1. The third-order valence-corrected chi connectivity index (χ3v) is 10.4. The predicted molar refractivity (Wildman–Crippen MR) is 156 cm³/mol. The Morgan fingerprint density at radius 3 is 2.70 bits per heavy atom. The Hall–Kier alpha value is -3.13. The van der Waals surface area contributed by atoms with Crippen LogP contribution in [0, 0.1) is 5.92 Å². The van der Waals surface area contributed by atoms with Crippen LogP contribution in [0.3, 0.4) is 0 Å². The third-order valence-electron chi connectivity index (χ3n) is 7.09. The first kappa shape index (κ1) is 28.4. The Kier molecular flexibility index (Phi) is 7.59. The average Bonchev–Trinajstić information content (AvgIpc) is 3.48. The van der Waals surface area contributed by atoms with Crippen LogP contribution in [0.5, 0.6) is 5.88 Å². The second-order valence-electron chi connectivity index (χ2n) is 12.3. The molecule has 3 aromatic heterocycles. The number of hydrogen-bond donors (Lipinski definition) is 2. The van der Waals surface area contributed by atoms with Crippen molar-refractivity contribution < 1.29 is 17.9 Å². The van der Waals surface area contributed by atoms with Crippen molar-refractivity contribution in [3.63, 3.8) is 0 Å². The van der Waals surface area contributed by atoms with Crippen LogP contribution < -0.4 is 19.7 Å². The molecule has 0 spiro atoms. The van der Waals surface area contributed by atoms with Crippen LogP contribution in [0.25, 0.3) is 5.82 Å². The van der Waals surface area contributed by atoms with Gasteiger partial charge in [-0.1, -0.05) is 6.07 Å². The fourth-order valence-electron chi connectivity index (χ4n) is 5.20. The van der Waals surface area contributed by atoms with Gasteiger partial charge in [-0.25, -0.2) is 4.98 Å². The Morgan fingerprint density at radius 1 is 1.12 bits per heavy atom. The summed E-state index contributed by atoms with van der Waals surface area (Å²) in [6.07, 6.45) is 4.58. The number of nitrogens with one attached hydrogen (secondary N) is 2. The van der Waals surface area contributed by atoms with E-state index in [-0.39, 0.29) is 16.1 Å². The third kappa shape index (κ3) is 6.27. The van der Waals surface area contributed by atoms with Crippen molar-refractivity contribution in [1.82, 2.24) is 24.5 Å². The predicted octanol–water partition coefficient (Wildman–Crippen LogP) is 3.85. The topological polar surface area (TPSA) is 131 Å². The van der Waals surface area contributed by atoms with Crippen LogP contribution in [0.15, 0.2) is 47.6 Å². The van der Waals surface area contributed by atoms with E-state index in [9.17, 15) is 13.2 Å². The molecule has 40 heavy (non-hydrogen) atoms. The molecule has 4 bridgehead atoms. The Bertz CT molecular complexity index is 1520. The molecule has 0 aliphatic carbocycles. The summed E-state index contributed by atoms with van der Waals surface area (Å²) in [5.41, 5.74) is 0.576. The zero-order valence-corrected chi connectivity index (χ0v) is 26.6. The van der Waals surface area contributed by atoms with Gasteiger partial charge in [0.2, 0.25) is 0 Å². The zero-order valence-electron chi connectivity index (χ0n) is 23.6. The van der Waals surface area contributed by atoms with Crippen LogP contribution in [-0.2, 0) is 10.0 Å². The van der Waals surface area contributed by atoms with E-state index in [2.05, 4.69) is 56.1 Å². The van der Waals surface area contributed by atoms with Gasteiger partial charge in [0.15, 0.2) is 5.03 Å². The van der Waals surface area contributed by atoms with Gasteiger partial charge in [0, 0.05) is 6.54 Å². The molecular formula is C27H37GeN7O4S. The molecule has 3 aromatic rings. The second-order valence-corrected chi connectivity index (χ2v) is 25.3. The van der Waals surface area contributed by atoms with Gasteiger partial charge in [0.05, 0.1) is 0 Å². The standard InChI is InChI=1S/C27H37GeN7O4S/c1-27(2)16-19-8-7-14-29-21-9-6-10-24(30-21)40(37,38)33-26(36)20-11-12-22(31-25(20)34(27)17-19)35-15-13-23(32-35)39-18-28(3,4)5/h6,9-13,15,19H,7-8,14,16-18H2,1-5H3,(H,29,30)(H,33,36)/t19-/m0/s1. The minimum atomic E-state index is -4.22. The van der Waals surface area contributed by atoms with E-state index in [0.717, 1.165) is 19.3 Å². The number of carbonyl (C=O) groups excluding carboxylic acids is 1. The van der Waals surface area contributed by atoms with Crippen LogP contribution >= 0.6 is 0 Å². The maximum absolute atomic E-state index is 13.5. The summed E-state index contributed by atoms with van der Waals surface area (Å²) in [5.74, 6) is 8.36. The number of fused-ring (bicyclic) bond motifs is 6. The van der Waals surface area contributed by atoms with Gasteiger partial charge in [-0.15, -0.1) is 0 Å². The molecule has 13 heteroatoms. The number of sulfonamides is 1. The van der Waals surface area contributed by atoms with Gasteiger partial charge in [0.25, 0.3) is 0 Å². The molecular weight excluding hydrogens is 591 g/mol. The molecule has 0 aromatic carbocycles. The van der Waals surface area contributed by atoms with Crippen molar-refractivity contribution in [1.29, 1.82) is 0 Å². The van der Waals surface area contributed by atoms with E-state index in [1.54, 1.807) is 41.2 Å². The van der Waals surface area contributed by atoms with Crippen molar-refractivity contribution in [3.8, 4) is 11.7 Å². The van der Waals surface area contributed by atoms with Crippen LogP contribution in [0.2, 0.25) is 17.3 Å². The Morgan fingerprint density at radius 2 is 1.93 bits per heavy atom. The number of amides is 1. The first-order chi connectivity index (χ1) is 18.8. The van der Waals surface area contributed by atoms with Crippen molar-refractivity contribution in [2.75, 3.05) is 28.7 Å². The van der Waals surface area contributed by atoms with Gasteiger partial charge in [0.1, 0.15) is 5.82 Å². The molecule has 1 fully saturated rings. The molecule has 5 heterocycles. The monoisotopic (exact) mass is 629 g/mol. The van der Waals surface area contributed by atoms with Crippen LogP contribution in [0.1, 0.15) is 43.5 Å². The fourth-order valence-corrected chi connectivity index (χ4v) is 7.36. The fraction of sp³-hybridized carbons (Fsp3) is 0.481. The van der Waals surface area contributed by atoms with Crippen molar-refractivity contribution in [2.45, 2.75) is 60.9 Å². The summed E-state index contributed by atoms with van der Waals surface area (Å²) < 4.78 is 36.1. The summed E-state index contributed by atoms with van der Waals surface area (Å²) in [6, 6.07) is 9.78. The summed E-state index contributed by atoms with van der Waals surface area (Å²) >= 11 is -1.92. The summed E-state index contributed by atoms with van der Waals surface area (Å²) in [5, 5.41) is 7.54. The van der Waals surface area contributed by atoms with E-state index in [1.165, 1.54) is 6.07 Å². The summed E-state index contributed by atoms with van der Waals surface area (Å²) in [6.45, 7) is 5.63. The summed E-state index contributed by atoms with van der Waals surface area (Å²) in [4.78, 5) is 24.8. The molecule has 0 radical (unpaired) electrons. The maximum atomic E-state index is 13.5. The molecule has 2 N–H and O–H groups in total. The minimum absolute atomic E-state index is 0.176. The SMILES string of the molecule is CC1(C)C[C@@H]2CCCNc3cccc(n3)S(=O)(=O)NC(=O)c3ccc(-n4ccc(O[CH2][Ge]([CH3])([CH3])[CH3])n4)nc3N1C2. The number of ether oxygens (including phenoxy) is 1. The van der Waals surface area contributed by atoms with Gasteiger partial charge in [-0.3, -0.25) is 0 Å². The van der Waals surface area contributed by atoms with Gasteiger partial charge < -0.3 is 5.32 Å². The Balaban J connectivity index is 1.55. The number of anilines is 2. The van der Waals surface area contributed by atoms with Crippen LogP contribution in [-0.4, -0.2) is 71.4 Å². The van der Waals surface area contributed by atoms with Gasteiger partial charge in [-0.2, -0.15) is 8.42 Å². The molecule has 0 unspecified atom stereocenters. The quantitative estimate of drug-likeness (QED) is 0.414. The van der Waals surface area contributed by atoms with Crippen molar-refractivity contribution >= 4 is 40.8 Å². The van der Waals surface area contributed by atoms with E-state index >= 15 is 0 Å². The number of pyridine rings is 2. The summed E-state index contributed by atoms with van der Waals surface area (Å²) in [7, 11) is -4.22. The van der Waals surface area contributed by atoms with E-state index in [4.69, 9.17) is 9.72 Å². The first-order valence-electron chi connectivity index (χ1n) is 13.6.